The summed E-state index contributed by atoms with van der Waals surface area (Å²) in [6.07, 6.45) is 1.62. The second-order valence-corrected chi connectivity index (χ2v) is 3.74. The quantitative estimate of drug-likeness (QED) is 0.822. The number of anilines is 3. The average molecular weight is 224 g/mol. The minimum absolute atomic E-state index is 0.613. The number of benzene rings is 1. The smallest absolute Gasteiger partial charge is 0.130 e. The number of rotatable bonds is 2. The monoisotopic (exact) mass is 224 g/mol. The van der Waals surface area contributed by atoms with Crippen LogP contribution in [0.5, 0.6) is 0 Å². The highest BCUT2D eigenvalue weighted by atomic mass is 15.0. The van der Waals surface area contributed by atoms with Crippen molar-refractivity contribution in [2.75, 3.05) is 11.1 Å². The molecule has 0 bridgehead atoms. The van der Waals surface area contributed by atoms with Gasteiger partial charge in [-0.1, -0.05) is 6.07 Å². The lowest BCUT2D eigenvalue weighted by atomic mass is 10.2. The molecule has 84 valence electrons. The van der Waals surface area contributed by atoms with E-state index in [0.717, 1.165) is 11.3 Å². The summed E-state index contributed by atoms with van der Waals surface area (Å²) < 4.78 is 0. The van der Waals surface area contributed by atoms with Crippen LogP contribution in [0.2, 0.25) is 0 Å². The summed E-state index contributed by atoms with van der Waals surface area (Å²) in [6.45, 7) is 1.92. The maximum absolute atomic E-state index is 8.80. The number of nitrogens with two attached hydrogens (primary N) is 1. The molecular weight excluding hydrogens is 212 g/mol. The zero-order chi connectivity index (χ0) is 12.3. The standard InChI is InChI=1S/C13H12N4/c1-9-5-13(16-8-12(9)15)17-11-4-2-3-10(6-11)7-14/h2-6,8H,15H2,1H3,(H,16,17). The molecule has 1 aromatic carbocycles. The molecule has 1 aromatic heterocycles. The number of pyridine rings is 1. The Morgan fingerprint density at radius 3 is 2.88 bits per heavy atom. The van der Waals surface area contributed by atoms with E-state index in [-0.39, 0.29) is 0 Å². The van der Waals surface area contributed by atoms with Crippen LogP contribution in [-0.4, -0.2) is 4.98 Å². The Balaban J connectivity index is 2.25. The molecule has 0 radical (unpaired) electrons. The number of hydrogen-bond donors (Lipinski definition) is 2. The van der Waals surface area contributed by atoms with E-state index < -0.39 is 0 Å². The summed E-state index contributed by atoms with van der Waals surface area (Å²) in [5.74, 6) is 0.715. The number of aromatic nitrogens is 1. The van der Waals surface area contributed by atoms with Gasteiger partial charge in [0.1, 0.15) is 5.82 Å². The van der Waals surface area contributed by atoms with Crippen molar-refractivity contribution in [3.05, 3.63) is 47.7 Å². The number of nitriles is 1. The molecule has 0 atom stereocenters. The first-order chi connectivity index (χ1) is 8.19. The van der Waals surface area contributed by atoms with Gasteiger partial charge >= 0.3 is 0 Å². The predicted molar refractivity (Wildman–Crippen MR) is 67.8 cm³/mol. The average Bonchev–Trinajstić information content (AvgIpc) is 2.34. The maximum Gasteiger partial charge on any atom is 0.130 e. The molecule has 0 unspecified atom stereocenters. The normalized spacial score (nSPS) is 9.65. The fourth-order valence-electron chi connectivity index (χ4n) is 1.45. The van der Waals surface area contributed by atoms with Gasteiger partial charge in [0.25, 0.3) is 0 Å². The lowest BCUT2D eigenvalue weighted by Crippen LogP contribution is -1.97. The van der Waals surface area contributed by atoms with Gasteiger partial charge in [-0.3, -0.25) is 0 Å². The van der Waals surface area contributed by atoms with Crippen LogP contribution in [0.25, 0.3) is 0 Å². The van der Waals surface area contributed by atoms with Crippen molar-refractivity contribution in [1.82, 2.24) is 4.98 Å². The van der Waals surface area contributed by atoms with Gasteiger partial charge in [-0.2, -0.15) is 5.26 Å². The number of hydrogen-bond acceptors (Lipinski definition) is 4. The van der Waals surface area contributed by atoms with Gasteiger partial charge in [0.2, 0.25) is 0 Å². The lowest BCUT2D eigenvalue weighted by molar-refractivity contribution is 1.28. The van der Waals surface area contributed by atoms with Gasteiger partial charge in [0, 0.05) is 5.69 Å². The third kappa shape index (κ3) is 2.52. The first-order valence-corrected chi connectivity index (χ1v) is 5.18. The van der Waals surface area contributed by atoms with E-state index in [1.807, 2.05) is 25.1 Å². The molecule has 0 saturated heterocycles. The molecular formula is C13H12N4. The van der Waals surface area contributed by atoms with Crippen molar-refractivity contribution in [3.8, 4) is 6.07 Å². The van der Waals surface area contributed by atoms with E-state index in [0.29, 0.717) is 17.1 Å². The van der Waals surface area contributed by atoms with Crippen LogP contribution in [-0.2, 0) is 0 Å². The first kappa shape index (κ1) is 11.0. The van der Waals surface area contributed by atoms with Crippen molar-refractivity contribution in [3.63, 3.8) is 0 Å². The predicted octanol–water partition coefficient (Wildman–Crippen LogP) is 2.59. The summed E-state index contributed by atoms with van der Waals surface area (Å²) in [7, 11) is 0. The topological polar surface area (TPSA) is 74.7 Å². The molecule has 3 N–H and O–H groups in total. The maximum atomic E-state index is 8.80. The molecule has 0 saturated carbocycles. The Morgan fingerprint density at radius 2 is 2.18 bits per heavy atom. The SMILES string of the molecule is Cc1cc(Nc2cccc(C#N)c2)ncc1N. The molecule has 0 aliphatic carbocycles. The van der Waals surface area contributed by atoms with E-state index in [1.54, 1.807) is 18.3 Å². The van der Waals surface area contributed by atoms with Gasteiger partial charge < -0.3 is 11.1 Å². The Labute approximate surface area is 99.7 Å². The molecule has 17 heavy (non-hydrogen) atoms. The molecule has 0 spiro atoms. The van der Waals surface area contributed by atoms with Crippen LogP contribution < -0.4 is 11.1 Å². The van der Waals surface area contributed by atoms with E-state index in [1.165, 1.54) is 0 Å². The zero-order valence-corrected chi connectivity index (χ0v) is 9.44. The van der Waals surface area contributed by atoms with Crippen LogP contribution in [0, 0.1) is 18.3 Å². The van der Waals surface area contributed by atoms with E-state index in [9.17, 15) is 0 Å². The largest absolute Gasteiger partial charge is 0.397 e. The van der Waals surface area contributed by atoms with Crippen molar-refractivity contribution in [2.24, 2.45) is 0 Å². The molecule has 1 heterocycles. The number of nitrogens with zero attached hydrogens (tertiary/aromatic N) is 2. The Kier molecular flexibility index (Phi) is 2.93. The number of nitrogen functional groups attached to an aromatic ring is 1. The van der Waals surface area contributed by atoms with Crippen molar-refractivity contribution >= 4 is 17.2 Å². The van der Waals surface area contributed by atoms with E-state index in [4.69, 9.17) is 11.0 Å². The van der Waals surface area contributed by atoms with Crippen LogP contribution in [0.1, 0.15) is 11.1 Å². The van der Waals surface area contributed by atoms with Crippen molar-refractivity contribution in [1.29, 1.82) is 5.26 Å². The van der Waals surface area contributed by atoms with Crippen molar-refractivity contribution in [2.45, 2.75) is 6.92 Å². The highest BCUT2D eigenvalue weighted by molar-refractivity contribution is 5.61. The molecule has 4 nitrogen and oxygen atoms in total. The van der Waals surface area contributed by atoms with E-state index in [2.05, 4.69) is 16.4 Å². The number of nitrogens with one attached hydrogen (secondary N) is 1. The second-order valence-electron chi connectivity index (χ2n) is 3.74. The third-order valence-corrected chi connectivity index (χ3v) is 2.42. The van der Waals surface area contributed by atoms with Crippen LogP contribution in [0.15, 0.2) is 36.5 Å². The highest BCUT2D eigenvalue weighted by Crippen LogP contribution is 2.18. The summed E-state index contributed by atoms with van der Waals surface area (Å²) in [5, 5.41) is 11.9. The zero-order valence-electron chi connectivity index (χ0n) is 9.44. The third-order valence-electron chi connectivity index (χ3n) is 2.42. The summed E-state index contributed by atoms with van der Waals surface area (Å²) in [5.41, 5.74) is 8.78. The van der Waals surface area contributed by atoms with Crippen LogP contribution in [0.3, 0.4) is 0 Å². The van der Waals surface area contributed by atoms with Gasteiger partial charge in [0.15, 0.2) is 0 Å². The molecule has 4 heteroatoms. The molecule has 0 fully saturated rings. The van der Waals surface area contributed by atoms with Crippen LogP contribution >= 0.6 is 0 Å². The van der Waals surface area contributed by atoms with Gasteiger partial charge in [-0.25, -0.2) is 4.98 Å². The van der Waals surface area contributed by atoms with Crippen molar-refractivity contribution < 1.29 is 0 Å². The molecule has 0 aliphatic rings. The summed E-state index contributed by atoms with van der Waals surface area (Å²) in [6, 6.07) is 11.2. The fourth-order valence-corrected chi connectivity index (χ4v) is 1.45. The van der Waals surface area contributed by atoms with Gasteiger partial charge in [-0.15, -0.1) is 0 Å². The van der Waals surface area contributed by atoms with Gasteiger partial charge in [0.05, 0.1) is 23.5 Å². The minimum atomic E-state index is 0.613. The highest BCUT2D eigenvalue weighted by Gasteiger charge is 2.00. The van der Waals surface area contributed by atoms with Gasteiger partial charge in [-0.05, 0) is 36.8 Å². The lowest BCUT2D eigenvalue weighted by Gasteiger charge is -2.07. The molecule has 0 aliphatic heterocycles. The Bertz CT molecular complexity index is 584. The molecule has 0 amide bonds. The molecule has 2 rings (SSSR count). The van der Waals surface area contributed by atoms with Crippen LogP contribution in [0.4, 0.5) is 17.2 Å². The first-order valence-electron chi connectivity index (χ1n) is 5.18. The number of aryl methyl sites for hydroxylation is 1. The minimum Gasteiger partial charge on any atom is -0.397 e. The second kappa shape index (κ2) is 4.54. The van der Waals surface area contributed by atoms with E-state index >= 15 is 0 Å². The Morgan fingerprint density at radius 1 is 1.35 bits per heavy atom. The molecule has 2 aromatic rings. The Hall–Kier alpha value is -2.54. The summed E-state index contributed by atoms with van der Waals surface area (Å²) in [4.78, 5) is 4.17. The fraction of sp³-hybridized carbons (Fsp3) is 0.0769. The summed E-state index contributed by atoms with van der Waals surface area (Å²) >= 11 is 0.